The zero-order chi connectivity index (χ0) is 11.1. The topological polar surface area (TPSA) is 29.9 Å². The SMILES string of the molecule is CCC(CC)NC(C)CCn1cccn1. The van der Waals surface area contributed by atoms with E-state index in [0.29, 0.717) is 12.1 Å². The first-order valence-corrected chi connectivity index (χ1v) is 5.99. The van der Waals surface area contributed by atoms with Crippen LogP contribution in [0.3, 0.4) is 0 Å². The Balaban J connectivity index is 2.21. The maximum absolute atomic E-state index is 4.20. The minimum Gasteiger partial charge on any atom is -0.311 e. The van der Waals surface area contributed by atoms with Crippen molar-refractivity contribution >= 4 is 0 Å². The Morgan fingerprint density at radius 3 is 2.60 bits per heavy atom. The second-order valence-corrected chi connectivity index (χ2v) is 4.14. The van der Waals surface area contributed by atoms with Crippen LogP contribution in [-0.2, 0) is 6.54 Å². The Morgan fingerprint density at radius 1 is 1.33 bits per heavy atom. The molecule has 0 bridgehead atoms. The van der Waals surface area contributed by atoms with Crippen LogP contribution in [0.5, 0.6) is 0 Å². The standard InChI is InChI=1S/C12H23N3/c1-4-12(5-2)14-11(3)7-10-15-9-6-8-13-15/h6,8-9,11-12,14H,4-5,7,10H2,1-3H3. The van der Waals surface area contributed by atoms with Crippen LogP contribution in [0, 0.1) is 0 Å². The normalized spacial score (nSPS) is 13.3. The Hall–Kier alpha value is -0.830. The second kappa shape index (κ2) is 6.62. The van der Waals surface area contributed by atoms with Gasteiger partial charge in [-0.25, -0.2) is 0 Å². The van der Waals surface area contributed by atoms with Gasteiger partial charge in [-0.2, -0.15) is 5.10 Å². The van der Waals surface area contributed by atoms with Crippen molar-refractivity contribution in [3.05, 3.63) is 18.5 Å². The van der Waals surface area contributed by atoms with E-state index in [9.17, 15) is 0 Å². The molecule has 1 N–H and O–H groups in total. The van der Waals surface area contributed by atoms with Crippen LogP contribution in [0.25, 0.3) is 0 Å². The molecular formula is C12H23N3. The minimum absolute atomic E-state index is 0.569. The van der Waals surface area contributed by atoms with Gasteiger partial charge in [0.15, 0.2) is 0 Å². The number of aryl methyl sites for hydroxylation is 1. The third kappa shape index (κ3) is 4.47. The first kappa shape index (κ1) is 12.2. The van der Waals surface area contributed by atoms with Gasteiger partial charge in [-0.3, -0.25) is 4.68 Å². The summed E-state index contributed by atoms with van der Waals surface area (Å²) in [5.74, 6) is 0. The molecule has 1 rings (SSSR count). The zero-order valence-electron chi connectivity index (χ0n) is 10.1. The molecule has 0 radical (unpaired) electrons. The highest BCUT2D eigenvalue weighted by Crippen LogP contribution is 2.02. The molecule has 86 valence electrons. The molecule has 0 amide bonds. The van der Waals surface area contributed by atoms with Crippen LogP contribution in [0.15, 0.2) is 18.5 Å². The molecule has 0 spiro atoms. The summed E-state index contributed by atoms with van der Waals surface area (Å²) in [4.78, 5) is 0. The minimum atomic E-state index is 0.569. The van der Waals surface area contributed by atoms with E-state index in [-0.39, 0.29) is 0 Å². The Bertz CT molecular complexity index is 239. The van der Waals surface area contributed by atoms with Crippen molar-refractivity contribution in [3.63, 3.8) is 0 Å². The predicted octanol–water partition coefficient (Wildman–Crippen LogP) is 2.44. The van der Waals surface area contributed by atoms with E-state index in [4.69, 9.17) is 0 Å². The van der Waals surface area contributed by atoms with Crippen LogP contribution in [-0.4, -0.2) is 21.9 Å². The molecule has 0 aromatic carbocycles. The summed E-state index contributed by atoms with van der Waals surface area (Å²) >= 11 is 0. The molecule has 3 heteroatoms. The fourth-order valence-corrected chi connectivity index (χ4v) is 1.77. The highest BCUT2D eigenvalue weighted by molar-refractivity contribution is 4.78. The van der Waals surface area contributed by atoms with E-state index >= 15 is 0 Å². The molecule has 0 aliphatic carbocycles. The predicted molar refractivity (Wildman–Crippen MR) is 63.8 cm³/mol. The molecule has 0 aliphatic heterocycles. The van der Waals surface area contributed by atoms with Crippen LogP contribution in [0.1, 0.15) is 40.0 Å². The lowest BCUT2D eigenvalue weighted by molar-refractivity contribution is 0.388. The molecule has 15 heavy (non-hydrogen) atoms. The number of aromatic nitrogens is 2. The second-order valence-electron chi connectivity index (χ2n) is 4.14. The van der Waals surface area contributed by atoms with Gasteiger partial charge in [0.2, 0.25) is 0 Å². The van der Waals surface area contributed by atoms with Gasteiger partial charge in [0, 0.05) is 31.0 Å². The lowest BCUT2D eigenvalue weighted by atomic mass is 10.1. The lowest BCUT2D eigenvalue weighted by Crippen LogP contribution is -2.36. The first-order chi connectivity index (χ1) is 7.26. The average Bonchev–Trinajstić information content (AvgIpc) is 2.75. The van der Waals surface area contributed by atoms with E-state index < -0.39 is 0 Å². The van der Waals surface area contributed by atoms with Crippen molar-refractivity contribution in [3.8, 4) is 0 Å². The fourth-order valence-electron chi connectivity index (χ4n) is 1.77. The van der Waals surface area contributed by atoms with E-state index in [1.807, 2.05) is 23.1 Å². The third-order valence-corrected chi connectivity index (χ3v) is 2.86. The fraction of sp³-hybridized carbons (Fsp3) is 0.750. The maximum atomic E-state index is 4.20. The van der Waals surface area contributed by atoms with Gasteiger partial charge < -0.3 is 5.32 Å². The van der Waals surface area contributed by atoms with Gasteiger partial charge in [0.1, 0.15) is 0 Å². The summed E-state index contributed by atoms with van der Waals surface area (Å²) in [5.41, 5.74) is 0. The van der Waals surface area contributed by atoms with Crippen molar-refractivity contribution in [2.24, 2.45) is 0 Å². The van der Waals surface area contributed by atoms with E-state index in [1.54, 1.807) is 0 Å². The van der Waals surface area contributed by atoms with Gasteiger partial charge in [0.05, 0.1) is 0 Å². The molecule has 1 aromatic heterocycles. The van der Waals surface area contributed by atoms with E-state index in [2.05, 4.69) is 31.2 Å². The van der Waals surface area contributed by atoms with Crippen LogP contribution in [0.4, 0.5) is 0 Å². The van der Waals surface area contributed by atoms with Crippen LogP contribution < -0.4 is 5.32 Å². The molecule has 0 fully saturated rings. The summed E-state index contributed by atoms with van der Waals surface area (Å²) in [5, 5.41) is 7.83. The summed E-state index contributed by atoms with van der Waals surface area (Å²) in [6.45, 7) is 7.73. The smallest absolute Gasteiger partial charge is 0.0489 e. The summed E-state index contributed by atoms with van der Waals surface area (Å²) in [6.07, 6.45) is 7.41. The highest BCUT2D eigenvalue weighted by Gasteiger charge is 2.07. The lowest BCUT2D eigenvalue weighted by Gasteiger charge is -2.20. The van der Waals surface area contributed by atoms with Crippen molar-refractivity contribution in [1.29, 1.82) is 0 Å². The summed E-state index contributed by atoms with van der Waals surface area (Å²) < 4.78 is 1.99. The number of nitrogens with one attached hydrogen (secondary N) is 1. The molecule has 1 aromatic rings. The largest absolute Gasteiger partial charge is 0.311 e. The molecular weight excluding hydrogens is 186 g/mol. The van der Waals surface area contributed by atoms with Crippen molar-refractivity contribution in [1.82, 2.24) is 15.1 Å². The Morgan fingerprint density at radius 2 is 2.07 bits per heavy atom. The molecule has 1 heterocycles. The highest BCUT2D eigenvalue weighted by atomic mass is 15.3. The van der Waals surface area contributed by atoms with Gasteiger partial charge in [-0.05, 0) is 32.3 Å². The van der Waals surface area contributed by atoms with E-state index in [0.717, 1.165) is 13.0 Å². The van der Waals surface area contributed by atoms with Gasteiger partial charge in [-0.15, -0.1) is 0 Å². The van der Waals surface area contributed by atoms with Crippen molar-refractivity contribution < 1.29 is 0 Å². The Kier molecular flexibility index (Phi) is 5.40. The van der Waals surface area contributed by atoms with Crippen molar-refractivity contribution in [2.75, 3.05) is 0 Å². The zero-order valence-corrected chi connectivity index (χ0v) is 10.1. The summed E-state index contributed by atoms with van der Waals surface area (Å²) in [6, 6.07) is 3.20. The van der Waals surface area contributed by atoms with Crippen LogP contribution >= 0.6 is 0 Å². The number of hydrogen-bond acceptors (Lipinski definition) is 2. The van der Waals surface area contributed by atoms with Crippen LogP contribution in [0.2, 0.25) is 0 Å². The quantitative estimate of drug-likeness (QED) is 0.747. The number of rotatable bonds is 7. The molecule has 0 saturated heterocycles. The first-order valence-electron chi connectivity index (χ1n) is 5.99. The Labute approximate surface area is 92.9 Å². The van der Waals surface area contributed by atoms with Gasteiger partial charge in [0.25, 0.3) is 0 Å². The monoisotopic (exact) mass is 209 g/mol. The van der Waals surface area contributed by atoms with Gasteiger partial charge >= 0.3 is 0 Å². The maximum Gasteiger partial charge on any atom is 0.0489 e. The number of nitrogens with zero attached hydrogens (tertiary/aromatic N) is 2. The number of hydrogen-bond donors (Lipinski definition) is 1. The molecule has 3 nitrogen and oxygen atoms in total. The average molecular weight is 209 g/mol. The van der Waals surface area contributed by atoms with Crippen molar-refractivity contribution in [2.45, 2.75) is 58.7 Å². The third-order valence-electron chi connectivity index (χ3n) is 2.86. The van der Waals surface area contributed by atoms with Gasteiger partial charge in [-0.1, -0.05) is 13.8 Å². The summed E-state index contributed by atoms with van der Waals surface area (Å²) in [7, 11) is 0. The molecule has 1 atom stereocenters. The molecule has 1 unspecified atom stereocenters. The molecule has 0 saturated carbocycles. The molecule has 0 aliphatic rings. The van der Waals surface area contributed by atoms with E-state index in [1.165, 1.54) is 12.8 Å².